The predicted octanol–water partition coefficient (Wildman–Crippen LogP) is 1.99. The molecule has 0 aliphatic carbocycles. The number of ether oxygens (including phenoxy) is 1. The number of aromatic nitrogens is 1. The maximum atomic E-state index is 11.0. The molecule has 2 heterocycles. The van der Waals surface area contributed by atoms with Crippen molar-refractivity contribution in [2.75, 3.05) is 25.1 Å². The number of nitrogens with zero attached hydrogens (tertiary/aromatic N) is 1. The van der Waals surface area contributed by atoms with Gasteiger partial charge in [0.05, 0.1) is 5.01 Å². The van der Waals surface area contributed by atoms with E-state index in [9.17, 15) is 4.79 Å². The molecule has 5 nitrogen and oxygen atoms in total. The highest BCUT2D eigenvalue weighted by molar-refractivity contribution is 7.16. The highest BCUT2D eigenvalue weighted by Gasteiger charge is 2.18. The van der Waals surface area contributed by atoms with Crippen LogP contribution in [0.5, 0.6) is 0 Å². The summed E-state index contributed by atoms with van der Waals surface area (Å²) < 4.78 is 5.29. The molecule has 2 N–H and O–H groups in total. The second kappa shape index (κ2) is 5.46. The van der Waals surface area contributed by atoms with Gasteiger partial charge in [-0.3, -0.25) is 0 Å². The fourth-order valence-corrected chi connectivity index (χ4v) is 2.70. The van der Waals surface area contributed by atoms with E-state index in [1.54, 1.807) is 0 Å². The molecule has 0 unspecified atom stereocenters. The Hall–Kier alpha value is -1.14. The Labute approximate surface area is 104 Å². The van der Waals surface area contributed by atoms with Gasteiger partial charge >= 0.3 is 5.97 Å². The summed E-state index contributed by atoms with van der Waals surface area (Å²) >= 11 is 1.40. The number of hydrogen-bond acceptors (Lipinski definition) is 5. The van der Waals surface area contributed by atoms with E-state index < -0.39 is 5.97 Å². The van der Waals surface area contributed by atoms with E-state index in [0.29, 0.717) is 10.9 Å². The van der Waals surface area contributed by atoms with Crippen LogP contribution >= 0.6 is 11.3 Å². The van der Waals surface area contributed by atoms with E-state index in [-0.39, 0.29) is 5.69 Å². The Balaban J connectivity index is 1.95. The zero-order valence-corrected chi connectivity index (χ0v) is 10.5. The number of aromatic carboxylic acids is 1. The number of thiazole rings is 1. The van der Waals surface area contributed by atoms with Crippen molar-refractivity contribution in [1.29, 1.82) is 0 Å². The van der Waals surface area contributed by atoms with Crippen LogP contribution in [0.2, 0.25) is 0 Å². The molecule has 0 aromatic carbocycles. The number of carboxylic acid groups (broad SMARTS) is 1. The number of carboxylic acids is 1. The second-order valence-electron chi connectivity index (χ2n) is 4.15. The van der Waals surface area contributed by atoms with Gasteiger partial charge in [-0.2, -0.15) is 0 Å². The highest BCUT2D eigenvalue weighted by Crippen LogP contribution is 2.25. The van der Waals surface area contributed by atoms with E-state index in [1.807, 2.05) is 6.92 Å². The lowest BCUT2D eigenvalue weighted by atomic mass is 10.0. The van der Waals surface area contributed by atoms with Gasteiger partial charge in [-0.1, -0.05) is 0 Å². The largest absolute Gasteiger partial charge is 0.476 e. The highest BCUT2D eigenvalue weighted by atomic mass is 32.1. The van der Waals surface area contributed by atoms with Crippen LogP contribution in [-0.4, -0.2) is 35.8 Å². The summed E-state index contributed by atoms with van der Waals surface area (Å²) in [5.74, 6) is -0.406. The summed E-state index contributed by atoms with van der Waals surface area (Å²) in [7, 11) is 0. The molecule has 17 heavy (non-hydrogen) atoms. The Morgan fingerprint density at radius 2 is 2.29 bits per heavy atom. The average molecular weight is 256 g/mol. The number of hydrogen-bond donors (Lipinski definition) is 2. The summed E-state index contributed by atoms with van der Waals surface area (Å²) in [6, 6.07) is 0. The molecular formula is C11H16N2O3S. The normalized spacial score (nSPS) is 17.0. The lowest BCUT2D eigenvalue weighted by Gasteiger charge is -2.22. The smallest absolute Gasteiger partial charge is 0.357 e. The molecule has 0 bridgehead atoms. The van der Waals surface area contributed by atoms with Crippen molar-refractivity contribution in [3.8, 4) is 0 Å². The summed E-state index contributed by atoms with van der Waals surface area (Å²) in [6.45, 7) is 4.22. The number of nitrogens with one attached hydrogen (secondary N) is 1. The van der Waals surface area contributed by atoms with E-state index in [1.165, 1.54) is 11.3 Å². The van der Waals surface area contributed by atoms with Crippen LogP contribution in [0.25, 0.3) is 0 Å². The number of aryl methyl sites for hydroxylation is 1. The second-order valence-corrected chi connectivity index (χ2v) is 5.36. The fourth-order valence-electron chi connectivity index (χ4n) is 1.88. The number of carbonyl (C=O) groups is 1. The van der Waals surface area contributed by atoms with Gasteiger partial charge in [-0.15, -0.1) is 11.3 Å². The van der Waals surface area contributed by atoms with Crippen molar-refractivity contribution < 1.29 is 14.6 Å². The van der Waals surface area contributed by atoms with Crippen molar-refractivity contribution in [1.82, 2.24) is 4.98 Å². The molecule has 0 spiro atoms. The minimum absolute atomic E-state index is 0.138. The summed E-state index contributed by atoms with van der Waals surface area (Å²) in [4.78, 5) is 15.0. The van der Waals surface area contributed by atoms with Crippen LogP contribution in [0.4, 0.5) is 5.00 Å². The van der Waals surface area contributed by atoms with Crippen molar-refractivity contribution in [3.63, 3.8) is 0 Å². The molecule has 1 aromatic rings. The van der Waals surface area contributed by atoms with Gasteiger partial charge in [0, 0.05) is 19.8 Å². The fraction of sp³-hybridized carbons (Fsp3) is 0.636. The summed E-state index contributed by atoms with van der Waals surface area (Å²) in [6.07, 6.45) is 2.07. The molecule has 6 heteroatoms. The average Bonchev–Trinajstić information content (AvgIpc) is 2.69. The molecule has 2 rings (SSSR count). The van der Waals surface area contributed by atoms with Crippen molar-refractivity contribution in [2.24, 2.45) is 5.92 Å². The first kappa shape index (κ1) is 12.3. The minimum Gasteiger partial charge on any atom is -0.476 e. The molecule has 1 aliphatic heterocycles. The third kappa shape index (κ3) is 3.17. The molecule has 0 amide bonds. The Bertz CT molecular complexity index is 399. The van der Waals surface area contributed by atoms with E-state index in [4.69, 9.17) is 9.84 Å². The van der Waals surface area contributed by atoms with Gasteiger partial charge in [0.15, 0.2) is 5.69 Å². The number of rotatable bonds is 4. The van der Waals surface area contributed by atoms with Crippen LogP contribution < -0.4 is 5.32 Å². The number of anilines is 1. The third-order valence-electron chi connectivity index (χ3n) is 2.83. The standard InChI is InChI=1S/C11H16N2O3S/c1-7-13-9(11(14)15)10(17-7)12-6-8-2-4-16-5-3-8/h8,12H,2-6H2,1H3,(H,14,15). The molecule has 1 saturated heterocycles. The van der Waals surface area contributed by atoms with Gasteiger partial charge in [-0.05, 0) is 25.7 Å². The first-order valence-electron chi connectivity index (χ1n) is 5.69. The van der Waals surface area contributed by atoms with Gasteiger partial charge in [0.1, 0.15) is 5.00 Å². The molecule has 0 saturated carbocycles. The van der Waals surface area contributed by atoms with Crippen LogP contribution in [-0.2, 0) is 4.74 Å². The van der Waals surface area contributed by atoms with E-state index >= 15 is 0 Å². The lowest BCUT2D eigenvalue weighted by molar-refractivity contribution is 0.0685. The maximum Gasteiger partial charge on any atom is 0.357 e. The molecule has 0 radical (unpaired) electrons. The van der Waals surface area contributed by atoms with Crippen LogP contribution in [0.15, 0.2) is 0 Å². The lowest BCUT2D eigenvalue weighted by Crippen LogP contribution is -2.22. The third-order valence-corrected chi connectivity index (χ3v) is 3.76. The molecule has 0 atom stereocenters. The SMILES string of the molecule is Cc1nc(C(=O)O)c(NCC2CCOCC2)s1. The first-order valence-corrected chi connectivity index (χ1v) is 6.51. The molecule has 1 aliphatic rings. The van der Waals surface area contributed by atoms with Gasteiger partial charge < -0.3 is 15.2 Å². The maximum absolute atomic E-state index is 11.0. The molecule has 94 valence electrons. The zero-order valence-electron chi connectivity index (χ0n) is 9.73. The van der Waals surface area contributed by atoms with Gasteiger partial charge in [0.2, 0.25) is 0 Å². The van der Waals surface area contributed by atoms with E-state index in [0.717, 1.165) is 37.6 Å². The van der Waals surface area contributed by atoms with Crippen LogP contribution in [0, 0.1) is 12.8 Å². The quantitative estimate of drug-likeness (QED) is 0.862. The Morgan fingerprint density at radius 3 is 2.94 bits per heavy atom. The van der Waals surface area contributed by atoms with Crippen molar-refractivity contribution >= 4 is 22.3 Å². The molecular weight excluding hydrogens is 240 g/mol. The van der Waals surface area contributed by atoms with Gasteiger partial charge in [-0.25, -0.2) is 9.78 Å². The molecule has 1 fully saturated rings. The summed E-state index contributed by atoms with van der Waals surface area (Å²) in [5.41, 5.74) is 0.138. The predicted molar refractivity (Wildman–Crippen MR) is 65.8 cm³/mol. The Morgan fingerprint density at radius 1 is 1.59 bits per heavy atom. The molecule has 1 aromatic heterocycles. The van der Waals surface area contributed by atoms with Crippen LogP contribution in [0.3, 0.4) is 0 Å². The topological polar surface area (TPSA) is 71.5 Å². The van der Waals surface area contributed by atoms with E-state index in [2.05, 4.69) is 10.3 Å². The zero-order chi connectivity index (χ0) is 12.3. The first-order chi connectivity index (χ1) is 8.16. The summed E-state index contributed by atoms with van der Waals surface area (Å²) in [5, 5.41) is 13.6. The minimum atomic E-state index is -0.969. The van der Waals surface area contributed by atoms with Gasteiger partial charge in [0.25, 0.3) is 0 Å². The van der Waals surface area contributed by atoms with Crippen molar-refractivity contribution in [3.05, 3.63) is 10.7 Å². The van der Waals surface area contributed by atoms with Crippen LogP contribution in [0.1, 0.15) is 28.3 Å². The van der Waals surface area contributed by atoms with Crippen molar-refractivity contribution in [2.45, 2.75) is 19.8 Å². The Kier molecular flexibility index (Phi) is 3.96. The monoisotopic (exact) mass is 256 g/mol.